The molecule has 1 saturated heterocycles. The molecule has 1 aromatic carbocycles. The van der Waals surface area contributed by atoms with Gasteiger partial charge in [0.25, 0.3) is 6.43 Å². The normalized spacial score (nSPS) is 21.2. The van der Waals surface area contributed by atoms with Gasteiger partial charge in [-0.15, -0.1) is 0 Å². The van der Waals surface area contributed by atoms with Crippen molar-refractivity contribution >= 4 is 11.4 Å². The molecule has 2 N–H and O–H groups in total. The number of anilines is 2. The number of rotatable bonds is 3. The van der Waals surface area contributed by atoms with E-state index in [1.165, 1.54) is 0 Å². The Morgan fingerprint density at radius 1 is 1.22 bits per heavy atom. The lowest BCUT2D eigenvalue weighted by Gasteiger charge is -2.25. The first-order valence-corrected chi connectivity index (χ1v) is 8.21. The molecule has 0 bridgehead atoms. The quantitative estimate of drug-likeness (QED) is 0.868. The maximum absolute atomic E-state index is 12.6. The minimum absolute atomic E-state index is 0.148. The molecule has 0 spiro atoms. The monoisotopic (exact) mass is 325 g/mol. The zero-order valence-corrected chi connectivity index (χ0v) is 13.8. The van der Waals surface area contributed by atoms with Crippen molar-refractivity contribution in [3.8, 4) is 5.75 Å². The number of ether oxygens (including phenoxy) is 1. The van der Waals surface area contributed by atoms with Crippen LogP contribution in [-0.4, -0.2) is 49.7 Å². The smallest absolute Gasteiger partial charge is 0.251 e. The molecule has 0 aliphatic carbocycles. The second kappa shape index (κ2) is 6.15. The van der Waals surface area contributed by atoms with Crippen molar-refractivity contribution in [1.82, 2.24) is 4.90 Å². The fourth-order valence-electron chi connectivity index (χ4n) is 3.52. The molecule has 2 heterocycles. The van der Waals surface area contributed by atoms with Gasteiger partial charge in [0.05, 0.1) is 17.9 Å². The molecular weight excluding hydrogens is 300 g/mol. The summed E-state index contributed by atoms with van der Waals surface area (Å²) in [5.74, 6) is 0.896. The van der Waals surface area contributed by atoms with Gasteiger partial charge < -0.3 is 15.4 Å². The molecule has 0 unspecified atom stereocenters. The highest BCUT2D eigenvalue weighted by molar-refractivity contribution is 5.72. The van der Waals surface area contributed by atoms with E-state index in [1.54, 1.807) is 0 Å². The summed E-state index contributed by atoms with van der Waals surface area (Å²) in [7, 11) is 0. The van der Waals surface area contributed by atoms with Crippen LogP contribution in [0.25, 0.3) is 0 Å². The third-order valence-corrected chi connectivity index (χ3v) is 4.54. The van der Waals surface area contributed by atoms with Crippen LogP contribution in [0.5, 0.6) is 5.75 Å². The van der Waals surface area contributed by atoms with Crippen LogP contribution in [0.15, 0.2) is 12.1 Å². The number of halogens is 2. The number of benzene rings is 1. The number of fused-ring (bicyclic) bond motifs is 1. The van der Waals surface area contributed by atoms with Crippen molar-refractivity contribution < 1.29 is 13.5 Å². The number of nitrogens with zero attached hydrogens (tertiary/aromatic N) is 2. The Hall–Kier alpha value is -1.56. The van der Waals surface area contributed by atoms with Crippen molar-refractivity contribution in [1.29, 1.82) is 0 Å². The van der Waals surface area contributed by atoms with Crippen LogP contribution >= 0.6 is 0 Å². The van der Waals surface area contributed by atoms with Gasteiger partial charge in [-0.25, -0.2) is 8.78 Å². The van der Waals surface area contributed by atoms with Crippen LogP contribution in [0.4, 0.5) is 20.2 Å². The Balaban J connectivity index is 1.75. The average Bonchev–Trinajstić information content (AvgIpc) is 2.59. The van der Waals surface area contributed by atoms with E-state index in [1.807, 2.05) is 17.0 Å². The minimum Gasteiger partial charge on any atom is -0.487 e. The van der Waals surface area contributed by atoms with Crippen LogP contribution in [0.2, 0.25) is 0 Å². The number of hydrogen-bond acceptors (Lipinski definition) is 4. The van der Waals surface area contributed by atoms with Crippen molar-refractivity contribution in [2.24, 2.45) is 0 Å². The van der Waals surface area contributed by atoms with Crippen molar-refractivity contribution in [2.75, 3.05) is 43.4 Å². The Morgan fingerprint density at radius 2 is 2.00 bits per heavy atom. The van der Waals surface area contributed by atoms with Gasteiger partial charge in [0, 0.05) is 44.2 Å². The molecule has 1 aromatic rings. The first-order chi connectivity index (χ1) is 10.8. The molecule has 0 saturated carbocycles. The molecule has 128 valence electrons. The van der Waals surface area contributed by atoms with E-state index >= 15 is 0 Å². The van der Waals surface area contributed by atoms with E-state index in [0.29, 0.717) is 19.6 Å². The third-order valence-electron chi connectivity index (χ3n) is 4.54. The molecule has 6 heteroatoms. The van der Waals surface area contributed by atoms with Gasteiger partial charge in [-0.05, 0) is 26.3 Å². The third kappa shape index (κ3) is 3.68. The fourth-order valence-corrected chi connectivity index (χ4v) is 3.52. The van der Waals surface area contributed by atoms with E-state index in [-0.39, 0.29) is 12.1 Å². The van der Waals surface area contributed by atoms with Gasteiger partial charge in [0.1, 0.15) is 11.4 Å². The zero-order valence-electron chi connectivity index (χ0n) is 13.8. The Kier molecular flexibility index (Phi) is 4.36. The summed E-state index contributed by atoms with van der Waals surface area (Å²) in [6.07, 6.45) is -0.563. The number of alkyl halides is 2. The predicted molar refractivity (Wildman–Crippen MR) is 88.5 cm³/mol. The lowest BCUT2D eigenvalue weighted by Crippen LogP contribution is -2.33. The maximum atomic E-state index is 12.6. The molecule has 0 atom stereocenters. The number of nitrogen functional groups attached to an aromatic ring is 1. The molecule has 2 aliphatic rings. The van der Waals surface area contributed by atoms with E-state index in [0.717, 1.165) is 42.1 Å². The van der Waals surface area contributed by atoms with Crippen molar-refractivity contribution in [2.45, 2.75) is 38.7 Å². The summed E-state index contributed by atoms with van der Waals surface area (Å²) in [5.41, 5.74) is 8.90. The minimum atomic E-state index is -2.28. The van der Waals surface area contributed by atoms with Gasteiger partial charge in [0.2, 0.25) is 0 Å². The summed E-state index contributed by atoms with van der Waals surface area (Å²) in [5, 5.41) is 0. The topological polar surface area (TPSA) is 41.7 Å². The lowest BCUT2D eigenvalue weighted by molar-refractivity contribution is 0.0917. The van der Waals surface area contributed by atoms with Gasteiger partial charge in [-0.3, -0.25) is 4.90 Å². The molecule has 23 heavy (non-hydrogen) atoms. The number of hydrogen-bond donors (Lipinski definition) is 1. The Morgan fingerprint density at radius 3 is 2.74 bits per heavy atom. The second-order valence-corrected chi connectivity index (χ2v) is 7.09. The lowest BCUT2D eigenvalue weighted by atomic mass is 10.0. The molecule has 1 fully saturated rings. The average molecular weight is 325 g/mol. The SMILES string of the molecule is CC1(C)Cc2cc(N)c(N3CCCN(CC(F)F)CC3)cc2O1. The van der Waals surface area contributed by atoms with Crippen LogP contribution in [-0.2, 0) is 6.42 Å². The second-order valence-electron chi connectivity index (χ2n) is 7.09. The predicted octanol–water partition coefficient (Wildman–Crippen LogP) is 2.76. The van der Waals surface area contributed by atoms with E-state index in [9.17, 15) is 8.78 Å². The van der Waals surface area contributed by atoms with E-state index in [2.05, 4.69) is 18.7 Å². The van der Waals surface area contributed by atoms with Gasteiger partial charge >= 0.3 is 0 Å². The summed E-state index contributed by atoms with van der Waals surface area (Å²) in [4.78, 5) is 4.02. The summed E-state index contributed by atoms with van der Waals surface area (Å²) in [6.45, 7) is 6.85. The molecule has 4 nitrogen and oxygen atoms in total. The van der Waals surface area contributed by atoms with Crippen LogP contribution in [0.3, 0.4) is 0 Å². The van der Waals surface area contributed by atoms with Crippen molar-refractivity contribution in [3.05, 3.63) is 17.7 Å². The molecule has 0 aromatic heterocycles. The van der Waals surface area contributed by atoms with Gasteiger partial charge in [-0.2, -0.15) is 0 Å². The fraction of sp³-hybridized carbons (Fsp3) is 0.647. The molecule has 0 radical (unpaired) electrons. The zero-order chi connectivity index (χ0) is 16.6. The first-order valence-electron chi connectivity index (χ1n) is 8.21. The standard InChI is InChI=1S/C17H25F2N3O/c1-17(2)10-12-8-13(20)14(9-15(12)23-17)22-5-3-4-21(6-7-22)11-16(18)19/h8-9,16H,3-7,10-11,20H2,1-2H3. The highest BCUT2D eigenvalue weighted by atomic mass is 19.3. The van der Waals surface area contributed by atoms with Crippen LogP contribution < -0.4 is 15.4 Å². The molecular formula is C17H25F2N3O. The van der Waals surface area contributed by atoms with Crippen molar-refractivity contribution in [3.63, 3.8) is 0 Å². The molecule has 0 amide bonds. The van der Waals surface area contributed by atoms with Crippen LogP contribution in [0, 0.1) is 0 Å². The summed E-state index contributed by atoms with van der Waals surface area (Å²) >= 11 is 0. The molecule has 3 rings (SSSR count). The number of nitrogens with two attached hydrogens (primary N) is 1. The van der Waals surface area contributed by atoms with E-state index < -0.39 is 6.43 Å². The van der Waals surface area contributed by atoms with E-state index in [4.69, 9.17) is 10.5 Å². The van der Waals surface area contributed by atoms with Gasteiger partial charge in [0.15, 0.2) is 0 Å². The maximum Gasteiger partial charge on any atom is 0.251 e. The molecule has 2 aliphatic heterocycles. The highest BCUT2D eigenvalue weighted by Gasteiger charge is 2.31. The summed E-state index contributed by atoms with van der Waals surface area (Å²) in [6, 6.07) is 4.02. The Bertz CT molecular complexity index is 577. The Labute approximate surface area is 136 Å². The highest BCUT2D eigenvalue weighted by Crippen LogP contribution is 2.40. The largest absolute Gasteiger partial charge is 0.487 e. The first kappa shape index (κ1) is 16.3. The van der Waals surface area contributed by atoms with Crippen LogP contribution in [0.1, 0.15) is 25.8 Å². The van der Waals surface area contributed by atoms with Gasteiger partial charge in [-0.1, -0.05) is 0 Å². The summed E-state index contributed by atoms with van der Waals surface area (Å²) < 4.78 is 31.1.